The fourth-order valence-electron chi connectivity index (χ4n) is 6.77. The highest BCUT2D eigenvalue weighted by atomic mass is 32.1. The molecule has 1 atom stereocenters. The molecule has 4 aromatic rings. The van der Waals surface area contributed by atoms with E-state index in [-0.39, 0.29) is 5.54 Å². The Morgan fingerprint density at radius 3 is 2.65 bits per heavy atom. The Labute approximate surface area is 275 Å². The summed E-state index contributed by atoms with van der Waals surface area (Å²) in [4.78, 5) is 32.2. The van der Waals surface area contributed by atoms with Gasteiger partial charge in [0.25, 0.3) is 0 Å². The molecule has 2 fully saturated rings. The summed E-state index contributed by atoms with van der Waals surface area (Å²) in [5.41, 5.74) is 4.13. The van der Waals surface area contributed by atoms with Crippen molar-refractivity contribution in [3.8, 4) is 17.1 Å². The summed E-state index contributed by atoms with van der Waals surface area (Å²) in [6.07, 6.45) is 4.90. The molecule has 2 aromatic heterocycles. The number of hydrogen-bond donors (Lipinski definition) is 1. The molecule has 46 heavy (non-hydrogen) atoms. The van der Waals surface area contributed by atoms with E-state index in [2.05, 4.69) is 54.2 Å². The number of carbonyl (C=O) groups excluding carboxylic acids is 1. The summed E-state index contributed by atoms with van der Waals surface area (Å²) in [7, 11) is 2.21. The van der Waals surface area contributed by atoms with E-state index in [1.54, 1.807) is 0 Å². The summed E-state index contributed by atoms with van der Waals surface area (Å²) in [5, 5.41) is 4.30. The summed E-state index contributed by atoms with van der Waals surface area (Å²) in [5.74, 6) is 0.889. The SMILES string of the molecule is CCCC1(COc2nc(N3CCCOCC3)c3ccc(-c4cccc5sc(NC(=O)OC(C)(C)C)nc45)c(C)c3n2)CCCN1C. The number of aryl methyl sites for hydroxylation is 1. The van der Waals surface area contributed by atoms with Crippen LogP contribution in [0.25, 0.3) is 32.2 Å². The number of nitrogens with one attached hydrogen (secondary N) is 1. The molecule has 2 aromatic carbocycles. The van der Waals surface area contributed by atoms with Crippen LogP contribution in [0.2, 0.25) is 0 Å². The van der Waals surface area contributed by atoms with Gasteiger partial charge in [0.15, 0.2) is 5.13 Å². The average Bonchev–Trinajstić information content (AvgIpc) is 3.46. The van der Waals surface area contributed by atoms with Crippen LogP contribution >= 0.6 is 11.3 Å². The molecule has 1 unspecified atom stereocenters. The van der Waals surface area contributed by atoms with Crippen LogP contribution < -0.4 is 15.0 Å². The van der Waals surface area contributed by atoms with Gasteiger partial charge in [0.1, 0.15) is 18.0 Å². The van der Waals surface area contributed by atoms with Crippen LogP contribution in [-0.2, 0) is 9.47 Å². The first-order chi connectivity index (χ1) is 22.1. The largest absolute Gasteiger partial charge is 0.461 e. The van der Waals surface area contributed by atoms with Crippen molar-refractivity contribution in [2.45, 2.75) is 77.9 Å². The first-order valence-electron chi connectivity index (χ1n) is 16.4. The molecule has 10 nitrogen and oxygen atoms in total. The van der Waals surface area contributed by atoms with E-state index >= 15 is 0 Å². The molecular formula is C35H46N6O4S. The maximum atomic E-state index is 12.5. The first kappa shape index (κ1) is 32.4. The van der Waals surface area contributed by atoms with Gasteiger partial charge in [0, 0.05) is 30.6 Å². The summed E-state index contributed by atoms with van der Waals surface area (Å²) < 4.78 is 18.8. The highest BCUT2D eigenvalue weighted by molar-refractivity contribution is 7.22. The van der Waals surface area contributed by atoms with Gasteiger partial charge in [-0.1, -0.05) is 42.9 Å². The highest BCUT2D eigenvalue weighted by Gasteiger charge is 2.39. The van der Waals surface area contributed by atoms with Gasteiger partial charge in [0.2, 0.25) is 0 Å². The lowest BCUT2D eigenvalue weighted by Gasteiger charge is -2.35. The van der Waals surface area contributed by atoms with Gasteiger partial charge in [-0.2, -0.15) is 9.97 Å². The number of ether oxygens (including phenoxy) is 3. The quantitative estimate of drug-likeness (QED) is 0.209. The summed E-state index contributed by atoms with van der Waals surface area (Å²) in [6, 6.07) is 10.8. The van der Waals surface area contributed by atoms with E-state index in [1.165, 1.54) is 17.8 Å². The van der Waals surface area contributed by atoms with Gasteiger partial charge >= 0.3 is 12.1 Å². The maximum absolute atomic E-state index is 12.5. The average molecular weight is 647 g/mol. The van der Waals surface area contributed by atoms with Crippen molar-refractivity contribution in [2.24, 2.45) is 0 Å². The van der Waals surface area contributed by atoms with Crippen LogP contribution in [0.5, 0.6) is 6.01 Å². The van der Waals surface area contributed by atoms with Crippen molar-refractivity contribution in [3.05, 3.63) is 35.9 Å². The van der Waals surface area contributed by atoms with E-state index in [0.717, 1.165) is 95.6 Å². The topological polar surface area (TPSA) is 102 Å². The molecule has 1 N–H and O–H groups in total. The van der Waals surface area contributed by atoms with Crippen molar-refractivity contribution in [1.29, 1.82) is 0 Å². The van der Waals surface area contributed by atoms with E-state index in [0.29, 0.717) is 24.4 Å². The maximum Gasteiger partial charge on any atom is 0.413 e. The van der Waals surface area contributed by atoms with Crippen LogP contribution in [-0.4, -0.2) is 83.6 Å². The molecule has 2 aliphatic rings. The van der Waals surface area contributed by atoms with Crippen molar-refractivity contribution in [2.75, 3.05) is 56.7 Å². The van der Waals surface area contributed by atoms with Crippen molar-refractivity contribution in [1.82, 2.24) is 19.9 Å². The third-order valence-electron chi connectivity index (χ3n) is 9.05. The molecule has 0 saturated carbocycles. The molecule has 246 valence electrons. The molecule has 0 spiro atoms. The van der Waals surface area contributed by atoms with Crippen molar-refractivity contribution < 1.29 is 19.0 Å². The van der Waals surface area contributed by atoms with Crippen LogP contribution in [0.1, 0.15) is 65.4 Å². The number of benzene rings is 2. The molecule has 2 aliphatic heterocycles. The summed E-state index contributed by atoms with van der Waals surface area (Å²) >= 11 is 1.43. The second-order valence-corrected chi connectivity index (χ2v) is 14.5. The fraction of sp³-hybridized carbons (Fsp3) is 0.543. The molecule has 11 heteroatoms. The number of thiazole rings is 1. The molecule has 2 saturated heterocycles. The third kappa shape index (κ3) is 6.77. The first-order valence-corrected chi connectivity index (χ1v) is 17.3. The van der Waals surface area contributed by atoms with E-state index in [9.17, 15) is 4.79 Å². The Morgan fingerprint density at radius 2 is 1.89 bits per heavy atom. The number of likely N-dealkylation sites (tertiary alicyclic amines) is 1. The smallest absolute Gasteiger partial charge is 0.413 e. The molecule has 0 radical (unpaired) electrons. The number of fused-ring (bicyclic) bond motifs is 2. The van der Waals surface area contributed by atoms with Gasteiger partial charge in [-0.05, 0) is 90.2 Å². The van der Waals surface area contributed by atoms with Crippen LogP contribution in [0, 0.1) is 6.92 Å². The monoisotopic (exact) mass is 646 g/mol. The van der Waals surface area contributed by atoms with E-state index in [4.69, 9.17) is 29.2 Å². The molecule has 1 amide bonds. The lowest BCUT2D eigenvalue weighted by atomic mass is 9.92. The number of para-hydroxylation sites is 1. The predicted octanol–water partition coefficient (Wildman–Crippen LogP) is 7.43. The lowest BCUT2D eigenvalue weighted by Crippen LogP contribution is -2.46. The Balaban J connectivity index is 1.40. The van der Waals surface area contributed by atoms with Gasteiger partial charge in [-0.3, -0.25) is 10.2 Å². The second-order valence-electron chi connectivity index (χ2n) is 13.5. The Morgan fingerprint density at radius 1 is 1.04 bits per heavy atom. The van der Waals surface area contributed by atoms with Crippen LogP contribution in [0.15, 0.2) is 30.3 Å². The Kier molecular flexibility index (Phi) is 9.36. The van der Waals surface area contributed by atoms with Gasteiger partial charge < -0.3 is 19.1 Å². The number of likely N-dealkylation sites (N-methyl/N-ethyl adjacent to an activating group) is 1. The minimum Gasteiger partial charge on any atom is -0.461 e. The molecule has 0 bridgehead atoms. The number of nitrogens with zero attached hydrogens (tertiary/aromatic N) is 5. The Bertz CT molecular complexity index is 1710. The molecule has 0 aliphatic carbocycles. The highest BCUT2D eigenvalue weighted by Crippen LogP contribution is 2.39. The number of carbonyl (C=O) groups is 1. The summed E-state index contributed by atoms with van der Waals surface area (Å²) in [6.45, 7) is 14.6. The number of amides is 1. The zero-order valence-electron chi connectivity index (χ0n) is 27.9. The van der Waals surface area contributed by atoms with Crippen molar-refractivity contribution >= 4 is 49.5 Å². The number of hydrogen-bond acceptors (Lipinski definition) is 10. The second kappa shape index (κ2) is 13.3. The minimum atomic E-state index is -0.596. The van der Waals surface area contributed by atoms with E-state index in [1.807, 2.05) is 32.9 Å². The fourth-order valence-corrected chi connectivity index (χ4v) is 7.65. The normalized spacial score (nSPS) is 19.5. The van der Waals surface area contributed by atoms with Crippen LogP contribution in [0.4, 0.5) is 15.7 Å². The number of anilines is 2. The van der Waals surface area contributed by atoms with Crippen molar-refractivity contribution in [3.63, 3.8) is 0 Å². The minimum absolute atomic E-state index is 0.00583. The predicted molar refractivity (Wildman–Crippen MR) is 185 cm³/mol. The van der Waals surface area contributed by atoms with Gasteiger partial charge in [0.05, 0.1) is 27.9 Å². The third-order valence-corrected chi connectivity index (χ3v) is 9.99. The van der Waals surface area contributed by atoms with E-state index < -0.39 is 11.7 Å². The molecule has 6 rings (SSSR count). The Hall–Kier alpha value is -3.54. The zero-order chi connectivity index (χ0) is 32.5. The standard InChI is InChI=1S/C35H46N6O4S/c1-7-15-35(16-9-17-40(35)6)22-44-31-36-28-23(2)24(13-14-26(28)30(38-31)41-18-10-20-43-21-19-41)25-11-8-12-27-29(25)37-32(46-27)39-33(42)45-34(3,4)5/h8,11-14H,7,9-10,15-22H2,1-6H3,(H,37,39,42). The zero-order valence-corrected chi connectivity index (χ0v) is 28.8. The number of aromatic nitrogens is 3. The van der Waals surface area contributed by atoms with Crippen LogP contribution in [0.3, 0.4) is 0 Å². The number of rotatable bonds is 8. The van der Waals surface area contributed by atoms with Gasteiger partial charge in [-0.25, -0.2) is 9.78 Å². The van der Waals surface area contributed by atoms with Gasteiger partial charge in [-0.15, -0.1) is 0 Å². The lowest BCUT2D eigenvalue weighted by molar-refractivity contribution is 0.0636. The molecule has 4 heterocycles. The molecular weight excluding hydrogens is 600 g/mol.